The van der Waals surface area contributed by atoms with Crippen molar-refractivity contribution in [1.29, 1.82) is 0 Å². The van der Waals surface area contributed by atoms with Gasteiger partial charge in [0.2, 0.25) is 5.91 Å². The number of rotatable bonds is 5. The lowest BCUT2D eigenvalue weighted by Crippen LogP contribution is -2.36. The Labute approximate surface area is 112 Å². The van der Waals surface area contributed by atoms with Crippen LogP contribution >= 0.6 is 0 Å². The van der Waals surface area contributed by atoms with Crippen LogP contribution in [0.3, 0.4) is 0 Å². The number of hydrogen-bond acceptors (Lipinski definition) is 2. The third-order valence-corrected chi connectivity index (χ3v) is 4.00. The standard InChI is InChI=1S/C15H18FNO2/c16-11-3-1-2-10(8-11)13-9-14(13)15(19)17(6-7-18)12-4-5-12/h1-3,8,12-14,18H,4-7,9H2. The van der Waals surface area contributed by atoms with Gasteiger partial charge in [-0.2, -0.15) is 0 Å². The number of hydrogen-bond donors (Lipinski definition) is 1. The van der Waals surface area contributed by atoms with E-state index in [9.17, 15) is 9.18 Å². The van der Waals surface area contributed by atoms with Gasteiger partial charge in [-0.25, -0.2) is 4.39 Å². The number of carbonyl (C=O) groups is 1. The van der Waals surface area contributed by atoms with Crippen LogP contribution in [0.5, 0.6) is 0 Å². The molecule has 4 heteroatoms. The van der Waals surface area contributed by atoms with Crippen LogP contribution in [-0.4, -0.2) is 35.1 Å². The van der Waals surface area contributed by atoms with E-state index in [4.69, 9.17) is 5.11 Å². The lowest BCUT2D eigenvalue weighted by atomic mass is 10.1. The number of halogens is 1. The van der Waals surface area contributed by atoms with E-state index in [0.717, 1.165) is 24.8 Å². The highest BCUT2D eigenvalue weighted by atomic mass is 19.1. The summed E-state index contributed by atoms with van der Waals surface area (Å²) in [6.45, 7) is 0.440. The van der Waals surface area contributed by atoms with E-state index in [-0.39, 0.29) is 30.2 Å². The molecule has 0 aliphatic heterocycles. The predicted octanol–water partition coefficient (Wildman–Crippen LogP) is 1.91. The van der Waals surface area contributed by atoms with Crippen LogP contribution in [0.1, 0.15) is 30.7 Å². The summed E-state index contributed by atoms with van der Waals surface area (Å²) in [5.41, 5.74) is 0.915. The van der Waals surface area contributed by atoms with Crippen molar-refractivity contribution in [2.24, 2.45) is 5.92 Å². The molecule has 1 N–H and O–H groups in total. The fourth-order valence-corrected chi connectivity index (χ4v) is 2.75. The highest BCUT2D eigenvalue weighted by Crippen LogP contribution is 2.49. The van der Waals surface area contributed by atoms with Gasteiger partial charge in [-0.05, 0) is 42.9 Å². The van der Waals surface area contributed by atoms with E-state index in [1.807, 2.05) is 11.0 Å². The first-order valence-corrected chi connectivity index (χ1v) is 6.87. The van der Waals surface area contributed by atoms with Gasteiger partial charge in [-0.1, -0.05) is 12.1 Å². The van der Waals surface area contributed by atoms with Gasteiger partial charge in [0.05, 0.1) is 6.61 Å². The highest BCUT2D eigenvalue weighted by molar-refractivity contribution is 5.83. The van der Waals surface area contributed by atoms with Gasteiger partial charge in [0.1, 0.15) is 5.82 Å². The van der Waals surface area contributed by atoms with Crippen molar-refractivity contribution in [3.8, 4) is 0 Å². The Hall–Kier alpha value is -1.42. The summed E-state index contributed by atoms with van der Waals surface area (Å²) in [6.07, 6.45) is 2.89. The summed E-state index contributed by atoms with van der Waals surface area (Å²) in [5, 5.41) is 9.04. The SMILES string of the molecule is O=C(C1CC1c1cccc(F)c1)N(CCO)C1CC1. The van der Waals surface area contributed by atoms with E-state index in [2.05, 4.69) is 0 Å². The Morgan fingerprint density at radius 1 is 1.42 bits per heavy atom. The molecule has 2 saturated carbocycles. The minimum absolute atomic E-state index is 0.0135. The molecular weight excluding hydrogens is 245 g/mol. The van der Waals surface area contributed by atoms with Crippen molar-refractivity contribution in [3.05, 3.63) is 35.6 Å². The fraction of sp³-hybridized carbons (Fsp3) is 0.533. The third-order valence-electron chi connectivity index (χ3n) is 4.00. The maximum atomic E-state index is 13.2. The largest absolute Gasteiger partial charge is 0.395 e. The Balaban J connectivity index is 1.66. The summed E-state index contributed by atoms with van der Waals surface area (Å²) in [5.74, 6) is 0.0212. The van der Waals surface area contributed by atoms with Crippen molar-refractivity contribution in [1.82, 2.24) is 4.90 Å². The second-order valence-corrected chi connectivity index (χ2v) is 5.49. The normalized spacial score (nSPS) is 25.2. The van der Waals surface area contributed by atoms with Gasteiger partial charge in [0.25, 0.3) is 0 Å². The topological polar surface area (TPSA) is 40.5 Å². The summed E-state index contributed by atoms with van der Waals surface area (Å²) in [6, 6.07) is 6.84. The molecule has 1 aromatic carbocycles. The van der Waals surface area contributed by atoms with Crippen LogP contribution in [0.25, 0.3) is 0 Å². The fourth-order valence-electron chi connectivity index (χ4n) is 2.75. The zero-order chi connectivity index (χ0) is 13.4. The van der Waals surface area contributed by atoms with Crippen molar-refractivity contribution in [2.45, 2.75) is 31.2 Å². The Bertz CT molecular complexity index is 487. The summed E-state index contributed by atoms with van der Waals surface area (Å²) < 4.78 is 13.2. The van der Waals surface area contributed by atoms with Gasteiger partial charge in [0, 0.05) is 18.5 Å². The third kappa shape index (κ3) is 2.63. The van der Waals surface area contributed by atoms with Gasteiger partial charge in [-0.15, -0.1) is 0 Å². The molecule has 3 nitrogen and oxygen atoms in total. The number of aliphatic hydroxyl groups excluding tert-OH is 1. The zero-order valence-corrected chi connectivity index (χ0v) is 10.8. The smallest absolute Gasteiger partial charge is 0.226 e. The van der Waals surface area contributed by atoms with E-state index in [0.29, 0.717) is 12.6 Å². The van der Waals surface area contributed by atoms with E-state index >= 15 is 0 Å². The predicted molar refractivity (Wildman–Crippen MR) is 69.1 cm³/mol. The molecule has 0 heterocycles. The number of carbonyl (C=O) groups excluding carboxylic acids is 1. The molecule has 1 aromatic rings. The van der Waals surface area contributed by atoms with Crippen LogP contribution in [0, 0.1) is 11.7 Å². The number of benzene rings is 1. The second kappa shape index (κ2) is 4.93. The maximum absolute atomic E-state index is 13.2. The van der Waals surface area contributed by atoms with Gasteiger partial charge in [0.15, 0.2) is 0 Å². The number of aliphatic hydroxyl groups is 1. The molecule has 2 fully saturated rings. The van der Waals surface area contributed by atoms with Crippen LogP contribution in [0.15, 0.2) is 24.3 Å². The molecule has 3 rings (SSSR count). The van der Waals surface area contributed by atoms with Crippen molar-refractivity contribution >= 4 is 5.91 Å². The van der Waals surface area contributed by atoms with Crippen molar-refractivity contribution in [3.63, 3.8) is 0 Å². The molecule has 2 aliphatic rings. The van der Waals surface area contributed by atoms with Crippen molar-refractivity contribution in [2.75, 3.05) is 13.2 Å². The van der Waals surface area contributed by atoms with Crippen LogP contribution in [0.4, 0.5) is 4.39 Å². The minimum atomic E-state index is -0.245. The average Bonchev–Trinajstić information content (AvgIpc) is 3.28. The quantitative estimate of drug-likeness (QED) is 0.881. The monoisotopic (exact) mass is 263 g/mol. The first kappa shape index (κ1) is 12.6. The number of nitrogens with zero attached hydrogens (tertiary/aromatic N) is 1. The summed E-state index contributed by atoms with van der Waals surface area (Å²) in [7, 11) is 0. The molecule has 0 saturated heterocycles. The van der Waals surface area contributed by atoms with Crippen LogP contribution < -0.4 is 0 Å². The lowest BCUT2D eigenvalue weighted by Gasteiger charge is -2.21. The van der Waals surface area contributed by atoms with E-state index in [1.54, 1.807) is 6.07 Å². The van der Waals surface area contributed by atoms with Crippen LogP contribution in [0.2, 0.25) is 0 Å². The number of amides is 1. The zero-order valence-electron chi connectivity index (χ0n) is 10.8. The summed E-state index contributed by atoms with van der Waals surface area (Å²) >= 11 is 0. The first-order valence-electron chi connectivity index (χ1n) is 6.87. The molecule has 2 aliphatic carbocycles. The second-order valence-electron chi connectivity index (χ2n) is 5.49. The molecule has 0 bridgehead atoms. The molecule has 2 atom stereocenters. The van der Waals surface area contributed by atoms with Gasteiger partial charge < -0.3 is 10.0 Å². The maximum Gasteiger partial charge on any atom is 0.226 e. The first-order chi connectivity index (χ1) is 9.20. The molecular formula is C15H18FNO2. The summed E-state index contributed by atoms with van der Waals surface area (Å²) in [4.78, 5) is 14.2. The minimum Gasteiger partial charge on any atom is -0.395 e. The van der Waals surface area contributed by atoms with Gasteiger partial charge in [-0.3, -0.25) is 4.79 Å². The van der Waals surface area contributed by atoms with Gasteiger partial charge >= 0.3 is 0 Å². The molecule has 2 unspecified atom stereocenters. The Kier molecular flexibility index (Phi) is 3.27. The van der Waals surface area contributed by atoms with Crippen LogP contribution in [-0.2, 0) is 4.79 Å². The Morgan fingerprint density at radius 2 is 2.21 bits per heavy atom. The molecule has 1 amide bonds. The molecule has 0 spiro atoms. The van der Waals surface area contributed by atoms with E-state index in [1.165, 1.54) is 12.1 Å². The molecule has 19 heavy (non-hydrogen) atoms. The average molecular weight is 263 g/mol. The Morgan fingerprint density at radius 3 is 2.84 bits per heavy atom. The molecule has 0 aromatic heterocycles. The molecule has 102 valence electrons. The van der Waals surface area contributed by atoms with E-state index < -0.39 is 0 Å². The highest BCUT2D eigenvalue weighted by Gasteiger charge is 2.48. The lowest BCUT2D eigenvalue weighted by molar-refractivity contribution is -0.133. The van der Waals surface area contributed by atoms with Crippen molar-refractivity contribution < 1.29 is 14.3 Å². The molecule has 0 radical (unpaired) electrons.